The highest BCUT2D eigenvalue weighted by atomic mass is 19.4. The van der Waals surface area contributed by atoms with Crippen LogP contribution >= 0.6 is 0 Å². The molecule has 176 valence electrons. The number of Topliss-reactive ketones (excluding diaryl/α,β-unsaturated/α-hetero) is 1. The third kappa shape index (κ3) is 6.43. The molecule has 1 aliphatic heterocycles. The van der Waals surface area contributed by atoms with Crippen molar-refractivity contribution >= 4 is 17.7 Å². The minimum atomic E-state index is -4.46. The van der Waals surface area contributed by atoms with E-state index in [1.807, 2.05) is 12.1 Å². The van der Waals surface area contributed by atoms with Crippen LogP contribution in [0.3, 0.4) is 0 Å². The molecule has 2 aromatic rings. The fraction of sp³-hybridized carbons (Fsp3) is 0.400. The first-order chi connectivity index (χ1) is 15.7. The Labute approximate surface area is 190 Å². The highest BCUT2D eigenvalue weighted by Gasteiger charge is 2.32. The number of hydrogen-bond acceptors (Lipinski definition) is 4. The molecule has 0 radical (unpaired) electrons. The van der Waals surface area contributed by atoms with Crippen LogP contribution in [-0.2, 0) is 22.1 Å². The molecule has 1 aliphatic rings. The van der Waals surface area contributed by atoms with Crippen molar-refractivity contribution in [1.29, 1.82) is 0 Å². The maximum atomic E-state index is 12.7. The Kier molecular flexibility index (Phi) is 7.89. The van der Waals surface area contributed by atoms with Gasteiger partial charge in [-0.15, -0.1) is 0 Å². The zero-order valence-corrected chi connectivity index (χ0v) is 18.4. The molecule has 0 N–H and O–H groups in total. The predicted octanol–water partition coefficient (Wildman–Crippen LogP) is 4.94. The standard InChI is InChI=1S/C25H26F3NO4/c1-2-3-17-4-6-18(7-5-17)22(30)16-33-24(32)20-12-14-29(15-13-20)23(31)19-8-10-21(11-9-19)25(26,27)28/h4-11,20H,2-3,12-16H2,1H3. The second-order valence-electron chi connectivity index (χ2n) is 8.12. The van der Waals surface area contributed by atoms with E-state index in [1.165, 1.54) is 4.90 Å². The molecule has 2 aromatic carbocycles. The third-order valence-corrected chi connectivity index (χ3v) is 5.73. The van der Waals surface area contributed by atoms with Crippen molar-refractivity contribution in [3.05, 3.63) is 70.8 Å². The number of likely N-dealkylation sites (tertiary alicyclic amines) is 1. The van der Waals surface area contributed by atoms with E-state index >= 15 is 0 Å². The molecule has 0 spiro atoms. The van der Waals surface area contributed by atoms with Crippen molar-refractivity contribution in [2.45, 2.75) is 38.8 Å². The normalized spacial score (nSPS) is 14.7. The number of piperidine rings is 1. The monoisotopic (exact) mass is 461 g/mol. The van der Waals surface area contributed by atoms with Gasteiger partial charge >= 0.3 is 12.1 Å². The van der Waals surface area contributed by atoms with Gasteiger partial charge in [0.1, 0.15) is 0 Å². The Morgan fingerprint density at radius 2 is 1.52 bits per heavy atom. The molecule has 1 amide bonds. The second kappa shape index (κ2) is 10.6. The summed E-state index contributed by atoms with van der Waals surface area (Å²) in [7, 11) is 0. The predicted molar refractivity (Wildman–Crippen MR) is 116 cm³/mol. The first-order valence-corrected chi connectivity index (χ1v) is 10.9. The average molecular weight is 461 g/mol. The van der Waals surface area contributed by atoms with E-state index < -0.39 is 23.6 Å². The fourth-order valence-electron chi connectivity index (χ4n) is 3.79. The number of ether oxygens (including phenoxy) is 1. The van der Waals surface area contributed by atoms with Gasteiger partial charge in [-0.3, -0.25) is 14.4 Å². The molecule has 0 aromatic heterocycles. The van der Waals surface area contributed by atoms with Crippen LogP contribution in [0.25, 0.3) is 0 Å². The average Bonchev–Trinajstić information content (AvgIpc) is 2.82. The van der Waals surface area contributed by atoms with Crippen LogP contribution in [0.2, 0.25) is 0 Å². The van der Waals surface area contributed by atoms with Crippen LogP contribution in [0.15, 0.2) is 48.5 Å². The largest absolute Gasteiger partial charge is 0.457 e. The van der Waals surface area contributed by atoms with Crippen molar-refractivity contribution in [2.75, 3.05) is 19.7 Å². The summed E-state index contributed by atoms with van der Waals surface area (Å²) in [6.07, 6.45) is -1.78. The molecule has 3 rings (SSSR count). The number of alkyl halides is 3. The summed E-state index contributed by atoms with van der Waals surface area (Å²) < 4.78 is 43.3. The summed E-state index contributed by atoms with van der Waals surface area (Å²) in [6.45, 7) is 2.31. The number of aryl methyl sites for hydroxylation is 1. The fourth-order valence-corrected chi connectivity index (χ4v) is 3.79. The van der Waals surface area contributed by atoms with Gasteiger partial charge in [0, 0.05) is 24.2 Å². The van der Waals surface area contributed by atoms with E-state index in [-0.39, 0.29) is 37.0 Å². The van der Waals surface area contributed by atoms with Crippen molar-refractivity contribution < 1.29 is 32.3 Å². The highest BCUT2D eigenvalue weighted by molar-refractivity contribution is 5.98. The summed E-state index contributed by atoms with van der Waals surface area (Å²) in [6, 6.07) is 11.3. The number of ketones is 1. The Morgan fingerprint density at radius 3 is 2.06 bits per heavy atom. The van der Waals surface area contributed by atoms with Gasteiger partial charge in [-0.05, 0) is 49.1 Å². The lowest BCUT2D eigenvalue weighted by Crippen LogP contribution is -2.40. The molecule has 0 unspecified atom stereocenters. The molecule has 1 saturated heterocycles. The number of esters is 1. The van der Waals surface area contributed by atoms with E-state index in [0.29, 0.717) is 18.4 Å². The minimum absolute atomic E-state index is 0.166. The highest BCUT2D eigenvalue weighted by Crippen LogP contribution is 2.29. The number of halogens is 3. The Balaban J connectivity index is 1.46. The third-order valence-electron chi connectivity index (χ3n) is 5.73. The summed E-state index contributed by atoms with van der Waals surface area (Å²) in [5.41, 5.74) is 0.981. The molecule has 0 aliphatic carbocycles. The van der Waals surface area contributed by atoms with Gasteiger partial charge in [0.25, 0.3) is 5.91 Å². The van der Waals surface area contributed by atoms with Gasteiger partial charge in [0.2, 0.25) is 0 Å². The van der Waals surface area contributed by atoms with E-state index in [4.69, 9.17) is 4.74 Å². The maximum absolute atomic E-state index is 12.7. The van der Waals surface area contributed by atoms with Crippen LogP contribution in [0.1, 0.15) is 58.0 Å². The first-order valence-electron chi connectivity index (χ1n) is 10.9. The number of benzene rings is 2. The van der Waals surface area contributed by atoms with Gasteiger partial charge in [-0.25, -0.2) is 0 Å². The summed E-state index contributed by atoms with van der Waals surface area (Å²) in [5.74, 6) is -1.56. The number of rotatable bonds is 7. The summed E-state index contributed by atoms with van der Waals surface area (Å²) >= 11 is 0. The van der Waals surface area contributed by atoms with Crippen molar-refractivity contribution in [2.24, 2.45) is 5.92 Å². The SMILES string of the molecule is CCCc1ccc(C(=O)COC(=O)C2CCN(C(=O)c3ccc(C(F)(F)F)cc3)CC2)cc1. The molecule has 33 heavy (non-hydrogen) atoms. The van der Waals surface area contributed by atoms with Crippen LogP contribution in [0, 0.1) is 5.92 Å². The number of hydrogen-bond donors (Lipinski definition) is 0. The lowest BCUT2D eigenvalue weighted by molar-refractivity contribution is -0.148. The van der Waals surface area contributed by atoms with Crippen LogP contribution in [0.4, 0.5) is 13.2 Å². The van der Waals surface area contributed by atoms with Gasteiger partial charge < -0.3 is 9.64 Å². The van der Waals surface area contributed by atoms with Gasteiger partial charge in [-0.1, -0.05) is 37.6 Å². The van der Waals surface area contributed by atoms with E-state index in [0.717, 1.165) is 42.7 Å². The maximum Gasteiger partial charge on any atom is 0.416 e. The lowest BCUT2D eigenvalue weighted by Gasteiger charge is -2.31. The molecule has 1 heterocycles. The zero-order chi connectivity index (χ0) is 24.0. The molecule has 0 bridgehead atoms. The van der Waals surface area contributed by atoms with Gasteiger partial charge in [0.15, 0.2) is 12.4 Å². The first kappa shape index (κ1) is 24.5. The molecule has 0 saturated carbocycles. The topological polar surface area (TPSA) is 63.7 Å². The lowest BCUT2D eigenvalue weighted by atomic mass is 9.96. The van der Waals surface area contributed by atoms with Crippen LogP contribution in [-0.4, -0.2) is 42.3 Å². The zero-order valence-electron chi connectivity index (χ0n) is 18.4. The van der Waals surface area contributed by atoms with Crippen molar-refractivity contribution in [1.82, 2.24) is 4.90 Å². The van der Waals surface area contributed by atoms with Crippen molar-refractivity contribution in [3.63, 3.8) is 0 Å². The van der Waals surface area contributed by atoms with Gasteiger partial charge in [-0.2, -0.15) is 13.2 Å². The molecular weight excluding hydrogens is 435 g/mol. The van der Waals surface area contributed by atoms with Crippen molar-refractivity contribution in [3.8, 4) is 0 Å². The molecule has 5 nitrogen and oxygen atoms in total. The van der Waals surface area contributed by atoms with Crippen LogP contribution < -0.4 is 0 Å². The summed E-state index contributed by atoms with van der Waals surface area (Å²) in [4.78, 5) is 38.7. The van der Waals surface area contributed by atoms with Crippen LogP contribution in [0.5, 0.6) is 0 Å². The quantitative estimate of drug-likeness (QED) is 0.433. The van der Waals surface area contributed by atoms with E-state index in [2.05, 4.69) is 6.92 Å². The molecule has 1 fully saturated rings. The van der Waals surface area contributed by atoms with E-state index in [9.17, 15) is 27.6 Å². The van der Waals surface area contributed by atoms with Gasteiger partial charge in [0.05, 0.1) is 11.5 Å². The Hall–Kier alpha value is -3.16. The number of carbonyl (C=O) groups is 3. The molecule has 0 atom stereocenters. The second-order valence-corrected chi connectivity index (χ2v) is 8.12. The Bertz CT molecular complexity index is 976. The molecule has 8 heteroatoms. The number of carbonyl (C=O) groups excluding carboxylic acids is 3. The minimum Gasteiger partial charge on any atom is -0.457 e. The van der Waals surface area contributed by atoms with E-state index in [1.54, 1.807) is 12.1 Å². The Morgan fingerprint density at radius 1 is 0.939 bits per heavy atom. The molecular formula is C25H26F3NO4. The number of nitrogens with zero attached hydrogens (tertiary/aromatic N) is 1. The summed E-state index contributed by atoms with van der Waals surface area (Å²) in [5, 5.41) is 0. The number of amides is 1. The smallest absolute Gasteiger partial charge is 0.416 e.